The Morgan fingerprint density at radius 2 is 1.90 bits per heavy atom. The van der Waals surface area contributed by atoms with Crippen LogP contribution < -0.4 is 10.1 Å². The van der Waals surface area contributed by atoms with Crippen molar-refractivity contribution in [1.29, 1.82) is 0 Å². The molecule has 0 atom stereocenters. The average molecular weight is 300 g/mol. The first-order valence-corrected chi connectivity index (χ1v) is 6.13. The Morgan fingerprint density at radius 3 is 2.57 bits per heavy atom. The topological polar surface area (TPSA) is 34.2 Å². The van der Waals surface area contributed by atoms with E-state index in [1.807, 2.05) is 6.92 Å². The van der Waals surface area contributed by atoms with Gasteiger partial charge >= 0.3 is 6.18 Å². The zero-order valence-corrected chi connectivity index (χ0v) is 11.0. The maximum absolute atomic E-state index is 13.2. The average Bonchev–Trinajstić information content (AvgIpc) is 2.40. The van der Waals surface area contributed by atoms with Crippen LogP contribution in [0.3, 0.4) is 0 Å². The zero-order chi connectivity index (χ0) is 15.5. The molecule has 0 saturated heterocycles. The van der Waals surface area contributed by atoms with Gasteiger partial charge < -0.3 is 10.1 Å². The summed E-state index contributed by atoms with van der Waals surface area (Å²) < 4.78 is 56.3. The summed E-state index contributed by atoms with van der Waals surface area (Å²) in [7, 11) is 0. The minimum atomic E-state index is -4.77. The zero-order valence-electron chi connectivity index (χ0n) is 11.0. The smallest absolute Gasteiger partial charge is 0.419 e. The lowest BCUT2D eigenvalue weighted by Gasteiger charge is -2.11. The molecule has 0 fully saturated rings. The predicted octanol–water partition coefficient (Wildman–Crippen LogP) is 4.46. The fourth-order valence-electron chi connectivity index (χ4n) is 1.70. The lowest BCUT2D eigenvalue weighted by molar-refractivity contribution is -0.140. The predicted molar refractivity (Wildman–Crippen MR) is 69.9 cm³/mol. The lowest BCUT2D eigenvalue weighted by Crippen LogP contribution is -2.08. The number of benzene rings is 1. The van der Waals surface area contributed by atoms with Crippen LogP contribution in [0.1, 0.15) is 12.5 Å². The molecule has 1 aromatic heterocycles. The van der Waals surface area contributed by atoms with Crippen LogP contribution in [-0.4, -0.2) is 11.5 Å². The van der Waals surface area contributed by atoms with Crippen LogP contribution in [0.2, 0.25) is 0 Å². The summed E-state index contributed by atoms with van der Waals surface area (Å²) >= 11 is 0. The van der Waals surface area contributed by atoms with Crippen molar-refractivity contribution in [3.05, 3.63) is 48.0 Å². The van der Waals surface area contributed by atoms with Gasteiger partial charge in [-0.05, 0) is 25.1 Å². The molecule has 1 aromatic carbocycles. The number of nitrogens with zero attached hydrogens (tertiary/aromatic N) is 1. The van der Waals surface area contributed by atoms with E-state index in [4.69, 9.17) is 4.74 Å². The van der Waals surface area contributed by atoms with Crippen molar-refractivity contribution in [2.24, 2.45) is 0 Å². The Bertz CT molecular complexity index is 629. The van der Waals surface area contributed by atoms with E-state index in [-0.39, 0.29) is 11.5 Å². The van der Waals surface area contributed by atoms with Gasteiger partial charge in [0.1, 0.15) is 17.3 Å². The van der Waals surface area contributed by atoms with Gasteiger partial charge in [-0.15, -0.1) is 0 Å². The highest BCUT2D eigenvalue weighted by molar-refractivity contribution is 5.46. The molecule has 2 rings (SSSR count). The number of ether oxygens (including phenoxy) is 1. The maximum atomic E-state index is 13.2. The highest BCUT2D eigenvalue weighted by Crippen LogP contribution is 2.34. The number of hydrogen-bond donors (Lipinski definition) is 1. The number of hydrogen-bond acceptors (Lipinski definition) is 3. The minimum Gasteiger partial charge on any atom is -0.456 e. The normalized spacial score (nSPS) is 11.3. The van der Waals surface area contributed by atoms with Crippen LogP contribution in [0.15, 0.2) is 36.7 Å². The Labute approximate surface area is 118 Å². The van der Waals surface area contributed by atoms with Crippen LogP contribution in [-0.2, 0) is 6.18 Å². The number of aromatic nitrogens is 1. The molecular weight excluding hydrogens is 288 g/mol. The summed E-state index contributed by atoms with van der Waals surface area (Å²) in [6.45, 7) is 2.56. The molecule has 1 heterocycles. The second-order valence-corrected chi connectivity index (χ2v) is 4.18. The van der Waals surface area contributed by atoms with Crippen molar-refractivity contribution < 1.29 is 22.3 Å². The largest absolute Gasteiger partial charge is 0.456 e. The first kappa shape index (κ1) is 15.1. The van der Waals surface area contributed by atoms with Gasteiger partial charge in [-0.1, -0.05) is 0 Å². The van der Waals surface area contributed by atoms with E-state index in [2.05, 4.69) is 10.3 Å². The van der Waals surface area contributed by atoms with Gasteiger partial charge in [0.15, 0.2) is 0 Å². The van der Waals surface area contributed by atoms with Crippen molar-refractivity contribution in [2.75, 3.05) is 11.9 Å². The number of alkyl halides is 3. The monoisotopic (exact) mass is 300 g/mol. The van der Waals surface area contributed by atoms with Gasteiger partial charge in [-0.25, -0.2) is 4.39 Å². The standard InChI is InChI=1S/C14H12F4N2O/c1-2-20-9-5-11(8-19-7-9)21-10-3-4-13(15)12(6-10)14(16,17)18/h3-8,20H,2H2,1H3. The third kappa shape index (κ3) is 3.84. The molecule has 2 aromatic rings. The van der Waals surface area contributed by atoms with Crippen molar-refractivity contribution >= 4 is 5.69 Å². The molecule has 3 nitrogen and oxygen atoms in total. The highest BCUT2D eigenvalue weighted by atomic mass is 19.4. The number of anilines is 1. The van der Waals surface area contributed by atoms with Crippen LogP contribution in [0.25, 0.3) is 0 Å². The summed E-state index contributed by atoms with van der Waals surface area (Å²) in [6.07, 6.45) is -1.85. The molecule has 0 radical (unpaired) electrons. The van der Waals surface area contributed by atoms with Crippen LogP contribution in [0, 0.1) is 5.82 Å². The minimum absolute atomic E-state index is 0.112. The molecule has 0 unspecified atom stereocenters. The van der Waals surface area contributed by atoms with E-state index in [0.29, 0.717) is 18.3 Å². The van der Waals surface area contributed by atoms with Crippen LogP contribution in [0.4, 0.5) is 23.2 Å². The molecule has 112 valence electrons. The van der Waals surface area contributed by atoms with Gasteiger partial charge in [0, 0.05) is 12.6 Å². The van der Waals surface area contributed by atoms with E-state index in [1.165, 1.54) is 6.20 Å². The Balaban J connectivity index is 2.26. The summed E-state index contributed by atoms with van der Waals surface area (Å²) in [5, 5.41) is 3.00. The summed E-state index contributed by atoms with van der Waals surface area (Å²) in [5.41, 5.74) is -0.691. The Hall–Kier alpha value is -2.31. The fourth-order valence-corrected chi connectivity index (χ4v) is 1.70. The van der Waals surface area contributed by atoms with Gasteiger partial charge in [0.25, 0.3) is 0 Å². The maximum Gasteiger partial charge on any atom is 0.419 e. The van der Waals surface area contributed by atoms with E-state index in [1.54, 1.807) is 12.3 Å². The van der Waals surface area contributed by atoms with E-state index < -0.39 is 17.6 Å². The van der Waals surface area contributed by atoms with E-state index in [9.17, 15) is 17.6 Å². The van der Waals surface area contributed by atoms with Crippen molar-refractivity contribution in [2.45, 2.75) is 13.1 Å². The molecule has 21 heavy (non-hydrogen) atoms. The molecule has 1 N–H and O–H groups in total. The number of halogens is 4. The second kappa shape index (κ2) is 5.99. The van der Waals surface area contributed by atoms with Gasteiger partial charge in [-0.2, -0.15) is 13.2 Å². The molecule has 0 spiro atoms. The number of rotatable bonds is 4. The molecule has 7 heteroatoms. The van der Waals surface area contributed by atoms with Crippen LogP contribution in [0.5, 0.6) is 11.5 Å². The Kier molecular flexibility index (Phi) is 4.30. The van der Waals surface area contributed by atoms with Crippen molar-refractivity contribution in [1.82, 2.24) is 4.98 Å². The van der Waals surface area contributed by atoms with E-state index in [0.717, 1.165) is 12.1 Å². The molecule has 0 bridgehead atoms. The quantitative estimate of drug-likeness (QED) is 0.846. The van der Waals surface area contributed by atoms with Crippen LogP contribution >= 0.6 is 0 Å². The van der Waals surface area contributed by atoms with E-state index >= 15 is 0 Å². The van der Waals surface area contributed by atoms with Crippen molar-refractivity contribution in [3.63, 3.8) is 0 Å². The molecular formula is C14H12F4N2O. The molecule has 0 saturated carbocycles. The van der Waals surface area contributed by atoms with Gasteiger partial charge in [0.05, 0.1) is 23.6 Å². The second-order valence-electron chi connectivity index (χ2n) is 4.18. The first-order valence-electron chi connectivity index (χ1n) is 6.13. The molecule has 0 aliphatic carbocycles. The van der Waals surface area contributed by atoms with Gasteiger partial charge in [0.2, 0.25) is 0 Å². The van der Waals surface area contributed by atoms with Gasteiger partial charge in [-0.3, -0.25) is 4.98 Å². The lowest BCUT2D eigenvalue weighted by atomic mass is 10.2. The molecule has 0 amide bonds. The third-order valence-electron chi connectivity index (χ3n) is 2.57. The SMILES string of the molecule is CCNc1cncc(Oc2ccc(F)c(C(F)(F)F)c2)c1. The third-order valence-corrected chi connectivity index (χ3v) is 2.57. The number of pyridine rings is 1. The van der Waals surface area contributed by atoms with Crippen molar-refractivity contribution in [3.8, 4) is 11.5 Å². The highest BCUT2D eigenvalue weighted by Gasteiger charge is 2.34. The number of nitrogens with one attached hydrogen (secondary N) is 1. The summed E-state index contributed by atoms with van der Waals surface area (Å²) in [4.78, 5) is 3.90. The molecule has 0 aliphatic heterocycles. The first-order chi connectivity index (χ1) is 9.90. The Morgan fingerprint density at radius 1 is 1.14 bits per heavy atom. The summed E-state index contributed by atoms with van der Waals surface area (Å²) in [5.74, 6) is -1.19. The molecule has 0 aliphatic rings. The fraction of sp³-hybridized carbons (Fsp3) is 0.214. The summed E-state index contributed by atoms with van der Waals surface area (Å²) in [6, 6.07) is 4.06.